The van der Waals surface area contributed by atoms with E-state index in [9.17, 15) is 0 Å². The normalized spacial score (nSPS) is 8.86. The van der Waals surface area contributed by atoms with Gasteiger partial charge in [0.15, 0.2) is 0 Å². The van der Waals surface area contributed by atoms with Gasteiger partial charge in [-0.3, -0.25) is 0 Å². The predicted octanol–water partition coefficient (Wildman–Crippen LogP) is 0.0326. The molecule has 0 aromatic carbocycles. The molecular weight excluding hydrogens is 222 g/mol. The van der Waals surface area contributed by atoms with Gasteiger partial charge in [-0.25, -0.2) is 4.21 Å². The van der Waals surface area contributed by atoms with Crippen molar-refractivity contribution in [2.75, 3.05) is 0 Å². The molecule has 0 bridgehead atoms. The van der Waals surface area contributed by atoms with Crippen LogP contribution in [0.25, 0.3) is 0 Å². The Morgan fingerprint density at radius 2 is 1.43 bits per heavy atom. The zero-order valence-electron chi connectivity index (χ0n) is 3.49. The monoisotopic (exact) mass is 229 g/mol. The zero-order chi connectivity index (χ0) is 3.58. The van der Waals surface area contributed by atoms with Crippen molar-refractivity contribution in [1.82, 2.24) is 0 Å². The fraction of sp³-hybridized carbons (Fsp3) is 0. The minimum Gasteiger partial charge on any atom is -0.750 e. The van der Waals surface area contributed by atoms with E-state index < -0.39 is 11.4 Å². The van der Waals surface area contributed by atoms with Crippen molar-refractivity contribution >= 4 is 48.1 Å². The first-order valence-corrected chi connectivity index (χ1v) is 1.55. The van der Waals surface area contributed by atoms with E-state index in [-0.39, 0.29) is 36.8 Å². The summed E-state index contributed by atoms with van der Waals surface area (Å²) in [4.78, 5) is 0. The predicted molar refractivity (Wildman–Crippen MR) is 44.1 cm³/mol. The van der Waals surface area contributed by atoms with E-state index in [0.29, 0.717) is 0 Å². The SMILES string of the molecule is Br.O=S([O-])O.P.P. The maximum Gasteiger partial charge on any atom is 0.0814 e. The van der Waals surface area contributed by atoms with E-state index in [1.165, 1.54) is 0 Å². The van der Waals surface area contributed by atoms with Gasteiger partial charge in [-0.2, -0.15) is 19.8 Å². The van der Waals surface area contributed by atoms with E-state index in [0.717, 1.165) is 0 Å². The number of rotatable bonds is 0. The molecule has 0 saturated carbocycles. The lowest BCUT2D eigenvalue weighted by Gasteiger charge is -1.83. The summed E-state index contributed by atoms with van der Waals surface area (Å²) in [5.74, 6) is 0. The van der Waals surface area contributed by atoms with Gasteiger partial charge < -0.3 is 9.11 Å². The van der Waals surface area contributed by atoms with E-state index in [2.05, 4.69) is 0 Å². The molecule has 50 valence electrons. The fourth-order valence-electron chi connectivity index (χ4n) is 0. The van der Waals surface area contributed by atoms with Crippen LogP contribution >= 0.6 is 36.8 Å². The van der Waals surface area contributed by atoms with Crippen molar-refractivity contribution < 1.29 is 13.3 Å². The molecule has 0 amide bonds. The van der Waals surface area contributed by atoms with Crippen molar-refractivity contribution in [2.45, 2.75) is 0 Å². The van der Waals surface area contributed by atoms with Crippen molar-refractivity contribution in [2.24, 2.45) is 0 Å². The average molecular weight is 230 g/mol. The average Bonchev–Trinajstić information content (AvgIpc) is 0.811. The zero-order valence-corrected chi connectivity index (χ0v) is 8.85. The molecule has 3 nitrogen and oxygen atoms in total. The third-order valence-corrected chi connectivity index (χ3v) is 0. The van der Waals surface area contributed by atoms with E-state index >= 15 is 0 Å². The Morgan fingerprint density at radius 3 is 1.43 bits per heavy atom. The van der Waals surface area contributed by atoms with Crippen LogP contribution in [0.3, 0.4) is 0 Å². The second-order valence-corrected chi connectivity index (χ2v) is 0.651. The van der Waals surface area contributed by atoms with Crippen LogP contribution in [0.1, 0.15) is 0 Å². The van der Waals surface area contributed by atoms with E-state index in [4.69, 9.17) is 13.3 Å². The van der Waals surface area contributed by atoms with Crippen molar-refractivity contribution in [1.29, 1.82) is 0 Å². The fourth-order valence-corrected chi connectivity index (χ4v) is 0. The summed E-state index contributed by atoms with van der Waals surface area (Å²) in [6.45, 7) is 0. The van der Waals surface area contributed by atoms with Crippen molar-refractivity contribution in [3.8, 4) is 0 Å². The van der Waals surface area contributed by atoms with Gasteiger partial charge in [0.05, 0.1) is 11.4 Å². The summed E-state index contributed by atoms with van der Waals surface area (Å²) in [6.07, 6.45) is 0. The molecule has 0 spiro atoms. The van der Waals surface area contributed by atoms with Gasteiger partial charge in [-0.1, -0.05) is 0 Å². The summed E-state index contributed by atoms with van der Waals surface area (Å²) in [6, 6.07) is 0. The minimum atomic E-state index is -2.86. The number of hydrogen-bond acceptors (Lipinski definition) is 2. The summed E-state index contributed by atoms with van der Waals surface area (Å²) in [5.41, 5.74) is 0. The lowest BCUT2D eigenvalue weighted by atomic mass is 15.8. The van der Waals surface area contributed by atoms with Gasteiger partial charge in [0.2, 0.25) is 0 Å². The first kappa shape index (κ1) is 23.7. The van der Waals surface area contributed by atoms with Gasteiger partial charge in [-0.15, -0.1) is 17.0 Å². The molecule has 3 atom stereocenters. The molecular formula is H8BrO3P2S-. The van der Waals surface area contributed by atoms with Crippen molar-refractivity contribution in [3.05, 3.63) is 0 Å². The first-order chi connectivity index (χ1) is 1.73. The van der Waals surface area contributed by atoms with Crippen LogP contribution in [-0.2, 0) is 11.4 Å². The van der Waals surface area contributed by atoms with E-state index in [1.807, 2.05) is 0 Å². The molecule has 1 N–H and O–H groups in total. The van der Waals surface area contributed by atoms with Gasteiger partial charge in [0, 0.05) is 0 Å². The van der Waals surface area contributed by atoms with Crippen molar-refractivity contribution in [3.63, 3.8) is 0 Å². The number of hydrogen-bond donors (Lipinski definition) is 1. The lowest BCUT2D eigenvalue weighted by Crippen LogP contribution is -1.75. The maximum absolute atomic E-state index is 8.56. The highest BCUT2D eigenvalue weighted by Gasteiger charge is 1.42. The Hall–Kier alpha value is 1.41. The van der Waals surface area contributed by atoms with Gasteiger partial charge >= 0.3 is 0 Å². The first-order valence-electron chi connectivity index (χ1n) is 0.516. The molecule has 0 heterocycles. The maximum atomic E-state index is 8.56. The van der Waals surface area contributed by atoms with Gasteiger partial charge in [0.1, 0.15) is 0 Å². The van der Waals surface area contributed by atoms with Crippen LogP contribution in [0.5, 0.6) is 0 Å². The van der Waals surface area contributed by atoms with Crippen LogP contribution in [0.4, 0.5) is 0 Å². The summed E-state index contributed by atoms with van der Waals surface area (Å²) < 4.78 is 24.1. The molecule has 0 aliphatic carbocycles. The molecule has 0 aromatic rings. The molecule has 0 radical (unpaired) electrons. The molecule has 3 unspecified atom stereocenters. The Bertz CT molecular complexity index is 35.9. The number of halogens is 1. The lowest BCUT2D eigenvalue weighted by molar-refractivity contribution is 0.436. The highest BCUT2D eigenvalue weighted by Crippen LogP contribution is 1.43. The third-order valence-electron chi connectivity index (χ3n) is 0. The van der Waals surface area contributed by atoms with Crippen LogP contribution in [-0.4, -0.2) is 13.3 Å². The summed E-state index contributed by atoms with van der Waals surface area (Å²) >= 11 is -2.86. The largest absolute Gasteiger partial charge is 0.750 e. The minimum absolute atomic E-state index is 0. The van der Waals surface area contributed by atoms with Crippen LogP contribution in [0, 0.1) is 0 Å². The van der Waals surface area contributed by atoms with Gasteiger partial charge in [-0.05, 0) is 0 Å². The molecule has 0 fully saturated rings. The second-order valence-electron chi connectivity index (χ2n) is 0.217. The third kappa shape index (κ3) is 109. The summed E-state index contributed by atoms with van der Waals surface area (Å²) in [7, 11) is 0. The Balaban J connectivity index is -0.0000000150. The standard InChI is InChI=1S/BrH.H2O3S.2H3P/c;1-4(2)3;;/h1H;(H2,1,2,3);2*1H3/p-1. The van der Waals surface area contributed by atoms with Crippen LogP contribution in [0.2, 0.25) is 0 Å². The molecule has 7 heteroatoms. The summed E-state index contributed by atoms with van der Waals surface area (Å²) in [5, 5.41) is 0. The smallest absolute Gasteiger partial charge is 0.0814 e. The Kier molecular flexibility index (Phi) is 53.1. The highest BCUT2D eigenvalue weighted by atomic mass is 79.9. The van der Waals surface area contributed by atoms with Crippen LogP contribution < -0.4 is 0 Å². The molecule has 0 aliphatic rings. The quantitative estimate of drug-likeness (QED) is 0.471. The Morgan fingerprint density at radius 1 is 1.43 bits per heavy atom. The molecule has 0 saturated heterocycles. The molecule has 0 aromatic heterocycles. The molecule has 0 rings (SSSR count). The molecule has 7 heavy (non-hydrogen) atoms. The second kappa shape index (κ2) is 15.7. The Labute approximate surface area is 61.8 Å². The van der Waals surface area contributed by atoms with Gasteiger partial charge in [0.25, 0.3) is 0 Å². The van der Waals surface area contributed by atoms with E-state index in [1.54, 1.807) is 0 Å². The topological polar surface area (TPSA) is 60.4 Å². The highest BCUT2D eigenvalue weighted by molar-refractivity contribution is 8.93. The van der Waals surface area contributed by atoms with Crippen LogP contribution in [0.15, 0.2) is 0 Å². The molecule has 0 aliphatic heterocycles.